The summed E-state index contributed by atoms with van der Waals surface area (Å²) < 4.78 is 10.5. The Morgan fingerprint density at radius 3 is 2.72 bits per heavy atom. The minimum atomic E-state index is -0.885. The first-order valence-corrected chi connectivity index (χ1v) is 7.87. The fourth-order valence-electron chi connectivity index (χ4n) is 2.35. The Hall–Kier alpha value is -3.20. The molecule has 0 aliphatic heterocycles. The van der Waals surface area contributed by atoms with Gasteiger partial charge in [-0.2, -0.15) is 5.26 Å². The van der Waals surface area contributed by atoms with E-state index in [9.17, 15) is 15.2 Å². The number of para-hydroxylation sites is 2. The van der Waals surface area contributed by atoms with Crippen LogP contribution in [0.5, 0.6) is 17.2 Å². The molecule has 2 aromatic carbocycles. The second-order valence-electron chi connectivity index (χ2n) is 5.31. The maximum absolute atomic E-state index is 12.5. The number of nitrogens with zero attached hydrogens (tertiary/aromatic N) is 1. The summed E-state index contributed by atoms with van der Waals surface area (Å²) in [5, 5.41) is 21.7. The normalized spacial score (nSPS) is 11.2. The maximum Gasteiger partial charge on any atom is 0.242 e. The molecule has 0 aliphatic carbocycles. The lowest BCUT2D eigenvalue weighted by molar-refractivity contribution is -0.118. The molecular weight excluding hydrogens is 320 g/mol. The van der Waals surface area contributed by atoms with Crippen LogP contribution in [0.4, 0.5) is 5.69 Å². The number of methoxy groups -OCH3 is 1. The van der Waals surface area contributed by atoms with E-state index in [-0.39, 0.29) is 12.2 Å². The second kappa shape index (κ2) is 8.60. The highest BCUT2D eigenvalue weighted by Crippen LogP contribution is 2.28. The average molecular weight is 340 g/mol. The van der Waals surface area contributed by atoms with Crippen LogP contribution < -0.4 is 14.8 Å². The van der Waals surface area contributed by atoms with Crippen molar-refractivity contribution in [1.29, 1.82) is 5.26 Å². The molecule has 0 heterocycles. The Kier molecular flexibility index (Phi) is 6.24. The first kappa shape index (κ1) is 18.1. The SMILES string of the molecule is CCOc1ccccc1NC(=O)[C@@H](C#N)Cc1ccc(O)c(OC)c1. The third-order valence-corrected chi connectivity index (χ3v) is 3.60. The highest BCUT2D eigenvalue weighted by molar-refractivity contribution is 5.95. The van der Waals surface area contributed by atoms with E-state index < -0.39 is 11.8 Å². The topological polar surface area (TPSA) is 91.6 Å². The zero-order valence-corrected chi connectivity index (χ0v) is 14.2. The number of hydrogen-bond donors (Lipinski definition) is 2. The van der Waals surface area contributed by atoms with E-state index in [1.165, 1.54) is 13.2 Å². The van der Waals surface area contributed by atoms with Crippen molar-refractivity contribution in [2.75, 3.05) is 19.0 Å². The molecule has 6 heteroatoms. The van der Waals surface area contributed by atoms with Gasteiger partial charge in [0.05, 0.1) is 25.5 Å². The summed E-state index contributed by atoms with van der Waals surface area (Å²) in [6.07, 6.45) is 0.204. The number of carbonyl (C=O) groups excluding carboxylic acids is 1. The van der Waals surface area contributed by atoms with Crippen LogP contribution in [-0.2, 0) is 11.2 Å². The summed E-state index contributed by atoms with van der Waals surface area (Å²) in [5.74, 6) is -0.432. The van der Waals surface area contributed by atoms with E-state index in [1.54, 1.807) is 30.3 Å². The Morgan fingerprint density at radius 1 is 1.28 bits per heavy atom. The predicted octanol–water partition coefficient (Wildman–Crippen LogP) is 3.12. The molecule has 0 fully saturated rings. The third-order valence-electron chi connectivity index (χ3n) is 3.60. The zero-order chi connectivity index (χ0) is 18.2. The minimum absolute atomic E-state index is 0.00912. The summed E-state index contributed by atoms with van der Waals surface area (Å²) in [6.45, 7) is 2.33. The molecule has 0 saturated carbocycles. The maximum atomic E-state index is 12.5. The Bertz CT molecular complexity index is 783. The van der Waals surface area contributed by atoms with E-state index in [0.717, 1.165) is 5.56 Å². The van der Waals surface area contributed by atoms with Crippen LogP contribution in [0.25, 0.3) is 0 Å². The number of anilines is 1. The minimum Gasteiger partial charge on any atom is -0.504 e. The van der Waals surface area contributed by atoms with Gasteiger partial charge in [-0.05, 0) is 43.2 Å². The van der Waals surface area contributed by atoms with Crippen molar-refractivity contribution in [3.8, 4) is 23.3 Å². The third kappa shape index (κ3) is 4.64. The monoisotopic (exact) mass is 340 g/mol. The number of carbonyl (C=O) groups is 1. The van der Waals surface area contributed by atoms with Crippen molar-refractivity contribution in [3.05, 3.63) is 48.0 Å². The molecule has 2 aromatic rings. The van der Waals surface area contributed by atoms with Gasteiger partial charge in [-0.1, -0.05) is 18.2 Å². The fraction of sp³-hybridized carbons (Fsp3) is 0.263. The summed E-state index contributed by atoms with van der Waals surface area (Å²) >= 11 is 0. The van der Waals surface area contributed by atoms with Crippen molar-refractivity contribution >= 4 is 11.6 Å². The van der Waals surface area contributed by atoms with Crippen LogP contribution in [0, 0.1) is 17.2 Å². The number of benzene rings is 2. The van der Waals surface area contributed by atoms with Crippen LogP contribution in [0.2, 0.25) is 0 Å². The van der Waals surface area contributed by atoms with Crippen LogP contribution in [0.1, 0.15) is 12.5 Å². The van der Waals surface area contributed by atoms with Crippen LogP contribution in [0.15, 0.2) is 42.5 Å². The number of amides is 1. The molecule has 0 bridgehead atoms. The standard InChI is InChI=1S/C19H20N2O4/c1-3-25-17-7-5-4-6-15(17)21-19(23)14(12-20)10-13-8-9-16(22)18(11-13)24-2/h4-9,11,14,22H,3,10H2,1-2H3,(H,21,23)/t14-/m1/s1. The van der Waals surface area contributed by atoms with Crippen molar-refractivity contribution in [1.82, 2.24) is 0 Å². The van der Waals surface area contributed by atoms with E-state index in [1.807, 2.05) is 19.1 Å². The smallest absolute Gasteiger partial charge is 0.242 e. The van der Waals surface area contributed by atoms with Crippen LogP contribution in [0.3, 0.4) is 0 Å². The molecule has 25 heavy (non-hydrogen) atoms. The number of aromatic hydroxyl groups is 1. The van der Waals surface area contributed by atoms with E-state index >= 15 is 0 Å². The molecule has 2 N–H and O–H groups in total. The predicted molar refractivity (Wildman–Crippen MR) is 93.7 cm³/mol. The second-order valence-corrected chi connectivity index (χ2v) is 5.31. The lowest BCUT2D eigenvalue weighted by Crippen LogP contribution is -2.23. The lowest BCUT2D eigenvalue weighted by atomic mass is 9.99. The van der Waals surface area contributed by atoms with Gasteiger partial charge in [-0.15, -0.1) is 0 Å². The van der Waals surface area contributed by atoms with Gasteiger partial charge >= 0.3 is 0 Å². The summed E-state index contributed by atoms with van der Waals surface area (Å²) in [5.41, 5.74) is 1.24. The summed E-state index contributed by atoms with van der Waals surface area (Å²) in [6, 6.07) is 13.8. The molecule has 0 aromatic heterocycles. The molecule has 0 saturated heterocycles. The number of phenolic OH excluding ortho intramolecular Hbond substituents is 1. The first-order valence-electron chi connectivity index (χ1n) is 7.87. The number of rotatable bonds is 7. The lowest BCUT2D eigenvalue weighted by Gasteiger charge is -2.14. The molecule has 0 radical (unpaired) electrons. The molecular formula is C19H20N2O4. The molecule has 6 nitrogen and oxygen atoms in total. The number of ether oxygens (including phenoxy) is 2. The van der Waals surface area contributed by atoms with Crippen LogP contribution in [-0.4, -0.2) is 24.7 Å². The number of phenols is 1. The van der Waals surface area contributed by atoms with Gasteiger partial charge in [0.15, 0.2) is 11.5 Å². The molecule has 130 valence electrons. The molecule has 1 amide bonds. The van der Waals surface area contributed by atoms with Gasteiger partial charge in [-0.25, -0.2) is 0 Å². The van der Waals surface area contributed by atoms with Gasteiger partial charge in [0.25, 0.3) is 0 Å². The molecule has 0 spiro atoms. The van der Waals surface area contributed by atoms with Crippen molar-refractivity contribution in [2.45, 2.75) is 13.3 Å². The van der Waals surface area contributed by atoms with Gasteiger partial charge in [-0.3, -0.25) is 4.79 Å². The molecule has 2 rings (SSSR count). The van der Waals surface area contributed by atoms with Crippen LogP contribution >= 0.6 is 0 Å². The van der Waals surface area contributed by atoms with E-state index in [2.05, 4.69) is 5.32 Å². The van der Waals surface area contributed by atoms with Crippen molar-refractivity contribution in [3.63, 3.8) is 0 Å². The molecule has 0 unspecified atom stereocenters. The van der Waals surface area contributed by atoms with Gasteiger partial charge < -0.3 is 19.9 Å². The van der Waals surface area contributed by atoms with Gasteiger partial charge in [0.1, 0.15) is 11.7 Å². The molecule has 0 aliphatic rings. The molecule has 1 atom stereocenters. The number of hydrogen-bond acceptors (Lipinski definition) is 5. The van der Waals surface area contributed by atoms with E-state index in [4.69, 9.17) is 9.47 Å². The number of nitrogens with one attached hydrogen (secondary N) is 1. The quantitative estimate of drug-likeness (QED) is 0.808. The highest BCUT2D eigenvalue weighted by Gasteiger charge is 2.20. The highest BCUT2D eigenvalue weighted by atomic mass is 16.5. The Balaban J connectivity index is 2.13. The van der Waals surface area contributed by atoms with E-state index in [0.29, 0.717) is 23.8 Å². The Morgan fingerprint density at radius 2 is 2.04 bits per heavy atom. The van der Waals surface area contributed by atoms with Crippen molar-refractivity contribution in [2.24, 2.45) is 5.92 Å². The van der Waals surface area contributed by atoms with Gasteiger partial charge in [0, 0.05) is 0 Å². The number of nitriles is 1. The zero-order valence-electron chi connectivity index (χ0n) is 14.2. The first-order chi connectivity index (χ1) is 12.1. The summed E-state index contributed by atoms with van der Waals surface area (Å²) in [4.78, 5) is 12.5. The van der Waals surface area contributed by atoms with Gasteiger partial charge in [0.2, 0.25) is 5.91 Å². The average Bonchev–Trinajstić information content (AvgIpc) is 2.62. The summed E-state index contributed by atoms with van der Waals surface area (Å²) in [7, 11) is 1.44. The van der Waals surface area contributed by atoms with Crippen molar-refractivity contribution < 1.29 is 19.4 Å². The largest absolute Gasteiger partial charge is 0.504 e. The fourth-order valence-corrected chi connectivity index (χ4v) is 2.35. The Labute approximate surface area is 146 Å².